The second kappa shape index (κ2) is 7.66. The van der Waals surface area contributed by atoms with Crippen molar-refractivity contribution in [3.05, 3.63) is 41.7 Å². The minimum absolute atomic E-state index is 0.577. The first-order valence-corrected chi connectivity index (χ1v) is 8.27. The van der Waals surface area contributed by atoms with Crippen molar-refractivity contribution in [2.75, 3.05) is 18.4 Å². The van der Waals surface area contributed by atoms with Gasteiger partial charge in [-0.2, -0.15) is 0 Å². The van der Waals surface area contributed by atoms with E-state index in [2.05, 4.69) is 15.6 Å². The highest BCUT2D eigenvalue weighted by Crippen LogP contribution is 2.19. The zero-order valence-electron chi connectivity index (χ0n) is 13.3. The van der Waals surface area contributed by atoms with Crippen LogP contribution in [0.2, 0.25) is 0 Å². The molecule has 6 heteroatoms. The van der Waals surface area contributed by atoms with Crippen LogP contribution in [-0.2, 0) is 11.2 Å². The zero-order chi connectivity index (χ0) is 16.9. The molecule has 1 saturated heterocycles. The Morgan fingerprint density at radius 3 is 2.79 bits per heavy atom. The molecule has 2 N–H and O–H groups in total. The lowest BCUT2D eigenvalue weighted by atomic mass is 9.99. The fourth-order valence-corrected chi connectivity index (χ4v) is 3.03. The molecule has 2 aliphatic heterocycles. The number of aliphatic imine (C=N–C) groups is 1. The van der Waals surface area contributed by atoms with Crippen LogP contribution in [-0.4, -0.2) is 37.4 Å². The third kappa shape index (κ3) is 4.26. The minimum Gasteiger partial charge on any atom is -0.324 e. The molecule has 0 saturated carbocycles. The molecule has 0 aromatic heterocycles. The minimum atomic E-state index is -1.74. The summed E-state index contributed by atoms with van der Waals surface area (Å²) in [6.45, 7) is 2.20. The first-order chi connectivity index (χ1) is 11.6. The lowest BCUT2D eigenvalue weighted by Gasteiger charge is -2.17. The Hall–Kier alpha value is -2.08. The monoisotopic (exact) mass is 333 g/mol. The number of allylic oxidation sites excluding steroid dienone is 1. The molecule has 1 aromatic carbocycles. The molecule has 4 nitrogen and oxygen atoms in total. The van der Waals surface area contributed by atoms with Crippen LogP contribution in [0.3, 0.4) is 0 Å². The first kappa shape index (κ1) is 16.8. The highest BCUT2D eigenvalue weighted by atomic mass is 19.1. The molecule has 3 unspecified atom stereocenters. The summed E-state index contributed by atoms with van der Waals surface area (Å²) in [5, 5.41) is 5.99. The number of aryl methyl sites for hydroxylation is 1. The smallest absolute Gasteiger partial charge is 0.252 e. The summed E-state index contributed by atoms with van der Waals surface area (Å²) >= 11 is 0. The van der Waals surface area contributed by atoms with E-state index in [1.54, 1.807) is 12.1 Å². The van der Waals surface area contributed by atoms with Crippen LogP contribution < -0.4 is 10.6 Å². The SMILES string of the molecule is O=C(Nc1ccc(CCC2CCNC2)cc1)C1N=CC(F)=CC1F. The number of rotatable bonds is 5. The summed E-state index contributed by atoms with van der Waals surface area (Å²) in [4.78, 5) is 15.7. The summed E-state index contributed by atoms with van der Waals surface area (Å²) in [5.74, 6) is -0.593. The summed E-state index contributed by atoms with van der Waals surface area (Å²) in [5.41, 5.74) is 1.80. The number of anilines is 1. The number of hydrogen-bond acceptors (Lipinski definition) is 3. The third-order valence-corrected chi connectivity index (χ3v) is 4.47. The van der Waals surface area contributed by atoms with Crippen LogP contribution in [0.4, 0.5) is 14.5 Å². The zero-order valence-corrected chi connectivity index (χ0v) is 13.3. The first-order valence-electron chi connectivity index (χ1n) is 8.27. The fraction of sp³-hybridized carbons (Fsp3) is 0.444. The Labute approximate surface area is 140 Å². The van der Waals surface area contributed by atoms with Crippen LogP contribution in [0.25, 0.3) is 0 Å². The number of amides is 1. The number of carbonyl (C=O) groups excluding carboxylic acids is 1. The maximum atomic E-state index is 13.7. The van der Waals surface area contributed by atoms with Gasteiger partial charge in [0.1, 0.15) is 5.83 Å². The van der Waals surface area contributed by atoms with E-state index in [4.69, 9.17) is 0 Å². The van der Waals surface area contributed by atoms with Gasteiger partial charge >= 0.3 is 0 Å². The van der Waals surface area contributed by atoms with Gasteiger partial charge in [0, 0.05) is 5.69 Å². The van der Waals surface area contributed by atoms with Crippen molar-refractivity contribution in [1.82, 2.24) is 5.32 Å². The molecule has 0 aliphatic carbocycles. The number of carbonyl (C=O) groups is 1. The third-order valence-electron chi connectivity index (χ3n) is 4.47. The summed E-state index contributed by atoms with van der Waals surface area (Å²) in [7, 11) is 0. The Balaban J connectivity index is 1.52. The lowest BCUT2D eigenvalue weighted by molar-refractivity contribution is -0.118. The molecule has 2 aliphatic rings. The van der Waals surface area contributed by atoms with Crippen molar-refractivity contribution >= 4 is 17.8 Å². The van der Waals surface area contributed by atoms with Crippen LogP contribution >= 0.6 is 0 Å². The summed E-state index contributed by atoms with van der Waals surface area (Å²) in [6, 6.07) is 6.30. The number of alkyl halides is 1. The molecule has 3 atom stereocenters. The largest absolute Gasteiger partial charge is 0.324 e. The van der Waals surface area contributed by atoms with Gasteiger partial charge in [-0.3, -0.25) is 9.79 Å². The fourth-order valence-electron chi connectivity index (χ4n) is 3.03. The molecule has 0 radical (unpaired) electrons. The topological polar surface area (TPSA) is 53.5 Å². The van der Waals surface area contributed by atoms with Crippen molar-refractivity contribution in [2.45, 2.75) is 31.5 Å². The second-order valence-corrected chi connectivity index (χ2v) is 6.30. The molecular weight excluding hydrogens is 312 g/mol. The molecule has 1 aromatic rings. The maximum Gasteiger partial charge on any atom is 0.252 e. The molecule has 3 rings (SSSR count). The van der Waals surface area contributed by atoms with Crippen molar-refractivity contribution in [1.29, 1.82) is 0 Å². The number of dihydropyridines is 1. The highest BCUT2D eigenvalue weighted by molar-refractivity contribution is 5.97. The quantitative estimate of drug-likeness (QED) is 0.871. The van der Waals surface area contributed by atoms with Gasteiger partial charge in [0.25, 0.3) is 5.91 Å². The molecule has 2 heterocycles. The summed E-state index contributed by atoms with van der Waals surface area (Å²) < 4.78 is 26.5. The average molecular weight is 333 g/mol. The number of nitrogens with zero attached hydrogens (tertiary/aromatic N) is 1. The van der Waals surface area contributed by atoms with Crippen molar-refractivity contribution in [2.24, 2.45) is 10.9 Å². The van der Waals surface area contributed by atoms with E-state index < -0.39 is 23.9 Å². The maximum absolute atomic E-state index is 13.7. The van der Waals surface area contributed by atoms with E-state index in [0.29, 0.717) is 5.69 Å². The van der Waals surface area contributed by atoms with E-state index in [1.807, 2.05) is 12.1 Å². The highest BCUT2D eigenvalue weighted by Gasteiger charge is 2.29. The standard InChI is InChI=1S/C18H21F2N3O/c19-14-9-16(20)17(22-11-14)18(24)23-15-5-3-12(4-6-15)1-2-13-7-8-21-10-13/h3-6,9,11,13,16-17,21H,1-2,7-8,10H2,(H,23,24). The second-order valence-electron chi connectivity index (χ2n) is 6.30. The van der Waals surface area contributed by atoms with Gasteiger partial charge < -0.3 is 10.6 Å². The molecular formula is C18H21F2N3O. The molecule has 128 valence electrons. The predicted molar refractivity (Wildman–Crippen MR) is 90.7 cm³/mol. The Morgan fingerprint density at radius 2 is 2.12 bits per heavy atom. The van der Waals surface area contributed by atoms with Gasteiger partial charge in [-0.1, -0.05) is 12.1 Å². The van der Waals surface area contributed by atoms with E-state index in [9.17, 15) is 13.6 Å². The van der Waals surface area contributed by atoms with Gasteiger partial charge in [-0.15, -0.1) is 0 Å². The number of benzene rings is 1. The van der Waals surface area contributed by atoms with E-state index in [1.165, 1.54) is 12.0 Å². The number of halogens is 2. The van der Waals surface area contributed by atoms with Crippen LogP contribution in [0.1, 0.15) is 18.4 Å². The van der Waals surface area contributed by atoms with E-state index in [0.717, 1.165) is 44.1 Å². The molecule has 24 heavy (non-hydrogen) atoms. The summed E-state index contributed by atoms with van der Waals surface area (Å²) in [6.07, 6.45) is 3.28. The predicted octanol–water partition coefficient (Wildman–Crippen LogP) is 2.81. The number of nitrogens with one attached hydrogen (secondary N) is 2. The lowest BCUT2D eigenvalue weighted by Crippen LogP contribution is -2.35. The normalized spacial score (nSPS) is 26.2. The van der Waals surface area contributed by atoms with Crippen LogP contribution in [0.15, 0.2) is 41.2 Å². The van der Waals surface area contributed by atoms with Crippen molar-refractivity contribution in [3.8, 4) is 0 Å². The Bertz CT molecular complexity index is 636. The number of hydrogen-bond donors (Lipinski definition) is 2. The van der Waals surface area contributed by atoms with Gasteiger partial charge in [0.15, 0.2) is 12.2 Å². The Kier molecular flexibility index (Phi) is 5.35. The van der Waals surface area contributed by atoms with Gasteiger partial charge in [0.05, 0.1) is 6.21 Å². The molecule has 1 fully saturated rings. The van der Waals surface area contributed by atoms with E-state index in [-0.39, 0.29) is 0 Å². The molecule has 1 amide bonds. The van der Waals surface area contributed by atoms with Crippen molar-refractivity contribution in [3.63, 3.8) is 0 Å². The van der Waals surface area contributed by atoms with E-state index >= 15 is 0 Å². The van der Waals surface area contributed by atoms with Gasteiger partial charge in [-0.05, 0) is 62.0 Å². The van der Waals surface area contributed by atoms with Gasteiger partial charge in [0.2, 0.25) is 0 Å². The molecule has 0 bridgehead atoms. The van der Waals surface area contributed by atoms with Crippen molar-refractivity contribution < 1.29 is 13.6 Å². The van der Waals surface area contributed by atoms with Crippen LogP contribution in [0.5, 0.6) is 0 Å². The van der Waals surface area contributed by atoms with Crippen LogP contribution in [0, 0.1) is 5.92 Å². The average Bonchev–Trinajstić information content (AvgIpc) is 3.07. The van der Waals surface area contributed by atoms with Gasteiger partial charge in [-0.25, -0.2) is 8.78 Å². The molecule has 0 spiro atoms. The Morgan fingerprint density at radius 1 is 1.33 bits per heavy atom.